The first-order chi connectivity index (χ1) is 9.61. The highest BCUT2D eigenvalue weighted by Gasteiger charge is 2.31. The molecule has 3 atom stereocenters. The summed E-state index contributed by atoms with van der Waals surface area (Å²) in [4.78, 5) is 0. The molecule has 1 fully saturated rings. The van der Waals surface area contributed by atoms with Crippen LogP contribution in [0.25, 0.3) is 0 Å². The lowest BCUT2D eigenvalue weighted by Crippen LogP contribution is -2.42. The second-order valence-electron chi connectivity index (χ2n) is 6.87. The minimum absolute atomic E-state index is 0.717. The topological polar surface area (TPSA) is 12.0 Å². The van der Waals surface area contributed by atoms with Gasteiger partial charge in [0.1, 0.15) is 0 Å². The van der Waals surface area contributed by atoms with Crippen LogP contribution in [-0.4, -0.2) is 12.6 Å². The van der Waals surface area contributed by atoms with Crippen LogP contribution in [0.2, 0.25) is 0 Å². The van der Waals surface area contributed by atoms with Gasteiger partial charge < -0.3 is 5.32 Å². The molecule has 1 heteroatoms. The predicted octanol–water partition coefficient (Wildman–Crippen LogP) is 4.59. The van der Waals surface area contributed by atoms with Crippen molar-refractivity contribution in [3.05, 3.63) is 35.4 Å². The molecular weight excluding hydrogens is 242 g/mol. The molecule has 0 amide bonds. The highest BCUT2D eigenvalue weighted by molar-refractivity contribution is 5.26. The van der Waals surface area contributed by atoms with Crippen LogP contribution in [0, 0.1) is 24.7 Å². The van der Waals surface area contributed by atoms with E-state index in [0.29, 0.717) is 0 Å². The van der Waals surface area contributed by atoms with Gasteiger partial charge in [-0.3, -0.25) is 0 Å². The maximum Gasteiger partial charge on any atom is 0.00985 e. The zero-order valence-corrected chi connectivity index (χ0v) is 13.7. The number of hydrogen-bond acceptors (Lipinski definition) is 1. The maximum absolute atomic E-state index is 3.73. The van der Waals surface area contributed by atoms with Gasteiger partial charge in [0.05, 0.1) is 0 Å². The Balaban J connectivity index is 2.09. The molecule has 1 aromatic rings. The third-order valence-corrected chi connectivity index (χ3v) is 5.18. The van der Waals surface area contributed by atoms with Crippen LogP contribution in [0.15, 0.2) is 24.3 Å². The number of benzene rings is 1. The number of aryl methyl sites for hydroxylation is 1. The van der Waals surface area contributed by atoms with Crippen molar-refractivity contribution in [3.8, 4) is 0 Å². The van der Waals surface area contributed by atoms with E-state index in [4.69, 9.17) is 0 Å². The number of hydrogen-bond donors (Lipinski definition) is 1. The summed E-state index contributed by atoms with van der Waals surface area (Å²) in [5, 5.41) is 3.73. The van der Waals surface area contributed by atoms with E-state index in [0.717, 1.165) is 30.3 Å². The highest BCUT2D eigenvalue weighted by Crippen LogP contribution is 2.36. The molecule has 1 aliphatic rings. The molecule has 1 nitrogen and oxygen atoms in total. The van der Waals surface area contributed by atoms with Crippen molar-refractivity contribution in [3.63, 3.8) is 0 Å². The second kappa shape index (κ2) is 7.26. The molecule has 0 saturated heterocycles. The molecule has 1 saturated carbocycles. The average Bonchev–Trinajstić information content (AvgIpc) is 2.43. The molecule has 0 heterocycles. The van der Waals surface area contributed by atoms with E-state index in [-0.39, 0.29) is 0 Å². The Morgan fingerprint density at radius 3 is 2.60 bits per heavy atom. The SMILES string of the molecule is CCNC1CCC(C(C)C)CC1Cc1ccccc1C. The molecular formula is C19H31N. The Morgan fingerprint density at radius 2 is 1.95 bits per heavy atom. The number of nitrogens with one attached hydrogen (secondary N) is 1. The van der Waals surface area contributed by atoms with Crippen molar-refractivity contribution in [2.24, 2.45) is 17.8 Å². The largest absolute Gasteiger partial charge is 0.314 e. The zero-order valence-electron chi connectivity index (χ0n) is 13.7. The van der Waals surface area contributed by atoms with Gasteiger partial charge >= 0.3 is 0 Å². The van der Waals surface area contributed by atoms with Crippen molar-refractivity contribution in [1.29, 1.82) is 0 Å². The zero-order chi connectivity index (χ0) is 14.5. The fraction of sp³-hybridized carbons (Fsp3) is 0.684. The lowest BCUT2D eigenvalue weighted by molar-refractivity contribution is 0.169. The first-order valence-electron chi connectivity index (χ1n) is 8.39. The van der Waals surface area contributed by atoms with Crippen LogP contribution in [0.5, 0.6) is 0 Å². The van der Waals surface area contributed by atoms with Gasteiger partial charge in [0, 0.05) is 6.04 Å². The molecule has 2 rings (SSSR count). The molecule has 1 aliphatic carbocycles. The molecule has 0 bridgehead atoms. The van der Waals surface area contributed by atoms with Gasteiger partial charge in [-0.05, 0) is 68.0 Å². The van der Waals surface area contributed by atoms with Gasteiger partial charge in [-0.2, -0.15) is 0 Å². The van der Waals surface area contributed by atoms with Gasteiger partial charge in [-0.1, -0.05) is 45.0 Å². The van der Waals surface area contributed by atoms with E-state index >= 15 is 0 Å². The van der Waals surface area contributed by atoms with E-state index in [1.807, 2.05) is 0 Å². The molecule has 1 aromatic carbocycles. The molecule has 0 radical (unpaired) electrons. The van der Waals surface area contributed by atoms with Crippen LogP contribution in [-0.2, 0) is 6.42 Å². The summed E-state index contributed by atoms with van der Waals surface area (Å²) in [6.45, 7) is 10.4. The van der Waals surface area contributed by atoms with Crippen molar-refractivity contribution in [2.45, 2.75) is 59.4 Å². The summed E-state index contributed by atoms with van der Waals surface area (Å²) in [7, 11) is 0. The quantitative estimate of drug-likeness (QED) is 0.827. The van der Waals surface area contributed by atoms with Gasteiger partial charge in [-0.25, -0.2) is 0 Å². The van der Waals surface area contributed by atoms with Crippen LogP contribution >= 0.6 is 0 Å². The minimum atomic E-state index is 0.717. The van der Waals surface area contributed by atoms with Crippen LogP contribution in [0.4, 0.5) is 0 Å². The Bertz CT molecular complexity index is 410. The Labute approximate surface area is 125 Å². The van der Waals surface area contributed by atoms with E-state index in [1.54, 1.807) is 5.56 Å². The molecule has 0 aliphatic heterocycles. The summed E-state index contributed by atoms with van der Waals surface area (Å²) < 4.78 is 0. The maximum atomic E-state index is 3.73. The molecule has 112 valence electrons. The Hall–Kier alpha value is -0.820. The van der Waals surface area contributed by atoms with Crippen molar-refractivity contribution < 1.29 is 0 Å². The summed E-state index contributed by atoms with van der Waals surface area (Å²) in [6, 6.07) is 9.62. The smallest absolute Gasteiger partial charge is 0.00985 e. The monoisotopic (exact) mass is 273 g/mol. The van der Waals surface area contributed by atoms with E-state index < -0.39 is 0 Å². The normalized spacial score (nSPS) is 26.9. The van der Waals surface area contributed by atoms with Crippen LogP contribution in [0.3, 0.4) is 0 Å². The van der Waals surface area contributed by atoms with Gasteiger partial charge in [-0.15, -0.1) is 0 Å². The summed E-state index contributed by atoms with van der Waals surface area (Å²) in [6.07, 6.45) is 5.39. The van der Waals surface area contributed by atoms with Crippen molar-refractivity contribution >= 4 is 0 Å². The molecule has 0 spiro atoms. The Kier molecular flexibility index (Phi) is 5.65. The first kappa shape index (κ1) is 15.6. The van der Waals surface area contributed by atoms with Crippen LogP contribution < -0.4 is 5.32 Å². The molecule has 0 aromatic heterocycles. The fourth-order valence-corrected chi connectivity index (χ4v) is 3.78. The molecule has 3 unspecified atom stereocenters. The van der Waals surface area contributed by atoms with Gasteiger partial charge in [0.15, 0.2) is 0 Å². The summed E-state index contributed by atoms with van der Waals surface area (Å²) in [5.41, 5.74) is 3.00. The predicted molar refractivity (Wildman–Crippen MR) is 88.0 cm³/mol. The number of rotatable bonds is 5. The Morgan fingerprint density at radius 1 is 1.20 bits per heavy atom. The van der Waals surface area contributed by atoms with Crippen molar-refractivity contribution in [2.75, 3.05) is 6.54 Å². The van der Waals surface area contributed by atoms with E-state index in [1.165, 1.54) is 31.2 Å². The lowest BCUT2D eigenvalue weighted by Gasteiger charge is -2.38. The lowest BCUT2D eigenvalue weighted by atomic mass is 9.71. The van der Waals surface area contributed by atoms with E-state index in [9.17, 15) is 0 Å². The average molecular weight is 273 g/mol. The minimum Gasteiger partial charge on any atom is -0.314 e. The summed E-state index contributed by atoms with van der Waals surface area (Å²) in [5.74, 6) is 2.55. The third-order valence-electron chi connectivity index (χ3n) is 5.18. The fourth-order valence-electron chi connectivity index (χ4n) is 3.78. The van der Waals surface area contributed by atoms with Gasteiger partial charge in [0.2, 0.25) is 0 Å². The highest BCUT2D eigenvalue weighted by atomic mass is 14.9. The third kappa shape index (κ3) is 3.85. The van der Waals surface area contributed by atoms with E-state index in [2.05, 4.69) is 57.3 Å². The van der Waals surface area contributed by atoms with Crippen molar-refractivity contribution in [1.82, 2.24) is 5.32 Å². The van der Waals surface area contributed by atoms with Gasteiger partial charge in [0.25, 0.3) is 0 Å². The molecule has 1 N–H and O–H groups in total. The standard InChI is InChI=1S/C19H31N/c1-5-20-19-11-10-16(14(2)3)12-18(19)13-17-9-7-6-8-15(17)4/h6-9,14,16,18-20H,5,10-13H2,1-4H3. The van der Waals surface area contributed by atoms with Crippen LogP contribution in [0.1, 0.15) is 51.2 Å². The second-order valence-corrected chi connectivity index (χ2v) is 6.87. The molecule has 20 heavy (non-hydrogen) atoms. The first-order valence-corrected chi connectivity index (χ1v) is 8.39. The summed E-state index contributed by atoms with van der Waals surface area (Å²) >= 11 is 0.